The maximum absolute atomic E-state index is 14.3. The fourth-order valence-electron chi connectivity index (χ4n) is 5.75. The van der Waals surface area contributed by atoms with Crippen molar-refractivity contribution >= 4 is 46.7 Å². The Balaban J connectivity index is 1.32. The van der Waals surface area contributed by atoms with Gasteiger partial charge in [-0.2, -0.15) is 8.78 Å². The predicted octanol–water partition coefficient (Wildman–Crippen LogP) is 5.00. The van der Waals surface area contributed by atoms with Gasteiger partial charge in [-0.1, -0.05) is 39.0 Å². The number of rotatable bonds is 7. The Hall–Kier alpha value is -3.29. The molecule has 3 amide bonds. The zero-order valence-electron chi connectivity index (χ0n) is 25.4. The van der Waals surface area contributed by atoms with Crippen LogP contribution in [0.1, 0.15) is 60.5 Å². The van der Waals surface area contributed by atoms with Crippen LogP contribution < -0.4 is 5.32 Å². The van der Waals surface area contributed by atoms with Gasteiger partial charge in [0.05, 0.1) is 18.0 Å². The summed E-state index contributed by atoms with van der Waals surface area (Å²) in [6, 6.07) is 8.54. The van der Waals surface area contributed by atoms with Gasteiger partial charge < -0.3 is 29.6 Å². The van der Waals surface area contributed by atoms with Gasteiger partial charge in [0.1, 0.15) is 24.0 Å². The molecule has 5 rings (SSSR count). The molecule has 3 heterocycles. The van der Waals surface area contributed by atoms with Gasteiger partial charge in [-0.25, -0.2) is 4.39 Å². The van der Waals surface area contributed by atoms with E-state index < -0.39 is 54.2 Å². The Kier molecular flexibility index (Phi) is 9.42. The minimum Gasteiger partial charge on any atom is -0.370 e. The molecule has 1 unspecified atom stereocenters. The SMILES string of the molecule is CC(C)(C)[C@H](NC(=O)c1cc2cc(C(F)(F)P(=O)(O)O)ccc2s1)C(=O)N1CCC[C@H]1C(=O)N1CCOC(c2ccc(F)cc2)C1. The number of carbonyl (C=O) groups excluding carboxylic acids is 3. The van der Waals surface area contributed by atoms with Gasteiger partial charge >= 0.3 is 13.3 Å². The summed E-state index contributed by atoms with van der Waals surface area (Å²) in [7, 11) is -5.78. The largest absolute Gasteiger partial charge is 0.399 e. The Labute approximate surface area is 267 Å². The summed E-state index contributed by atoms with van der Waals surface area (Å²) in [5.74, 6) is -1.66. The van der Waals surface area contributed by atoms with Crippen molar-refractivity contribution in [1.29, 1.82) is 0 Å². The lowest BCUT2D eigenvalue weighted by molar-refractivity contribution is -0.150. The molecule has 3 atom stereocenters. The Morgan fingerprint density at radius 1 is 1.07 bits per heavy atom. The van der Waals surface area contributed by atoms with Gasteiger partial charge in [0, 0.05) is 23.4 Å². The molecule has 2 aliphatic heterocycles. The normalized spacial score (nSPS) is 20.2. The number of likely N-dealkylation sites (tertiary alicyclic amines) is 1. The molecular weight excluding hydrogens is 646 g/mol. The molecule has 248 valence electrons. The summed E-state index contributed by atoms with van der Waals surface area (Å²) >= 11 is 0.983. The molecule has 15 heteroatoms. The lowest BCUT2D eigenvalue weighted by Gasteiger charge is -2.38. The summed E-state index contributed by atoms with van der Waals surface area (Å²) in [6.07, 6.45) is 0.605. The molecule has 0 radical (unpaired) electrons. The molecule has 0 spiro atoms. The van der Waals surface area contributed by atoms with Crippen molar-refractivity contribution in [2.75, 3.05) is 26.2 Å². The van der Waals surface area contributed by atoms with E-state index in [9.17, 15) is 32.1 Å². The highest BCUT2D eigenvalue weighted by atomic mass is 32.1. The van der Waals surface area contributed by atoms with Gasteiger partial charge in [0.15, 0.2) is 0 Å². The monoisotopic (exact) mass is 681 g/mol. The third-order valence-electron chi connectivity index (χ3n) is 8.28. The highest BCUT2D eigenvalue weighted by molar-refractivity contribution is 7.52. The maximum Gasteiger partial charge on any atom is 0.399 e. The van der Waals surface area contributed by atoms with Crippen LogP contribution in [0.15, 0.2) is 48.5 Å². The van der Waals surface area contributed by atoms with E-state index in [4.69, 9.17) is 14.5 Å². The second-order valence-corrected chi connectivity index (χ2v) is 15.3. The molecule has 1 aromatic heterocycles. The Morgan fingerprint density at radius 3 is 2.41 bits per heavy atom. The quantitative estimate of drug-likeness (QED) is 0.299. The van der Waals surface area contributed by atoms with Crippen LogP contribution in [-0.2, 0) is 24.6 Å². The average Bonchev–Trinajstić information content (AvgIpc) is 3.66. The second-order valence-electron chi connectivity index (χ2n) is 12.6. The van der Waals surface area contributed by atoms with Crippen LogP contribution in [0.25, 0.3) is 10.1 Å². The summed E-state index contributed by atoms with van der Waals surface area (Å²) in [5, 5.41) is 2.97. The van der Waals surface area contributed by atoms with E-state index in [1.165, 1.54) is 29.2 Å². The van der Waals surface area contributed by atoms with E-state index in [-0.39, 0.29) is 35.1 Å². The van der Waals surface area contributed by atoms with Crippen molar-refractivity contribution in [3.63, 3.8) is 0 Å². The van der Waals surface area contributed by atoms with Crippen molar-refractivity contribution in [2.45, 2.75) is 57.5 Å². The molecule has 3 N–H and O–H groups in total. The number of ether oxygens (including phenoxy) is 1. The standard InChI is InChI=1S/C31H35F3N3O7PS/c1-30(2,3)26(35-27(38)25-16-19-15-20(8-11-24(19)46-25)31(33,34)45(41,42)43)29(40)37-12-4-5-22(37)28(39)36-13-14-44-23(17-36)18-6-9-21(32)10-7-18/h6-11,15-16,22-23,26H,4-5,12-14,17H2,1-3H3,(H,35,38)(H2,41,42,43)/t22-,23?,26+/m0/s1. The number of alkyl halides is 2. The Bertz CT molecular complexity index is 1690. The smallest absolute Gasteiger partial charge is 0.370 e. The minimum absolute atomic E-state index is 0.114. The number of hydrogen-bond donors (Lipinski definition) is 3. The third-order valence-corrected chi connectivity index (χ3v) is 10.4. The number of fused-ring (bicyclic) bond motifs is 1. The number of thiophene rings is 1. The first-order valence-electron chi connectivity index (χ1n) is 14.7. The van der Waals surface area contributed by atoms with Crippen LogP contribution in [-0.4, -0.2) is 75.6 Å². The average molecular weight is 682 g/mol. The van der Waals surface area contributed by atoms with Crippen molar-refractivity contribution in [3.05, 3.63) is 70.4 Å². The number of morpholine rings is 1. The summed E-state index contributed by atoms with van der Waals surface area (Å²) in [4.78, 5) is 62.7. The number of nitrogens with zero attached hydrogens (tertiary/aromatic N) is 2. The first kappa shape index (κ1) is 34.1. The van der Waals surface area contributed by atoms with E-state index in [0.29, 0.717) is 30.6 Å². The maximum atomic E-state index is 14.3. The number of carbonyl (C=O) groups is 3. The first-order valence-corrected chi connectivity index (χ1v) is 17.1. The van der Waals surface area contributed by atoms with Crippen LogP contribution in [0.2, 0.25) is 0 Å². The molecule has 0 bridgehead atoms. The summed E-state index contributed by atoms with van der Waals surface area (Å²) in [5.41, 5.74) is -5.32. The van der Waals surface area contributed by atoms with Crippen LogP contribution in [0.5, 0.6) is 0 Å². The number of hydrogen-bond acceptors (Lipinski definition) is 6. The van der Waals surface area contributed by atoms with Crippen LogP contribution in [0, 0.1) is 11.2 Å². The molecular formula is C31H35F3N3O7PS. The number of amides is 3. The molecule has 2 aliphatic rings. The van der Waals surface area contributed by atoms with E-state index in [0.717, 1.165) is 29.0 Å². The van der Waals surface area contributed by atoms with E-state index >= 15 is 0 Å². The Morgan fingerprint density at radius 2 is 1.76 bits per heavy atom. The predicted molar refractivity (Wildman–Crippen MR) is 165 cm³/mol. The van der Waals surface area contributed by atoms with Crippen molar-refractivity contribution < 1.29 is 46.6 Å². The molecule has 46 heavy (non-hydrogen) atoms. The zero-order chi connectivity index (χ0) is 33.6. The highest BCUT2D eigenvalue weighted by Gasteiger charge is 2.50. The molecule has 10 nitrogen and oxygen atoms in total. The number of benzene rings is 2. The third kappa shape index (κ3) is 6.86. The highest BCUT2D eigenvalue weighted by Crippen LogP contribution is 2.59. The van der Waals surface area contributed by atoms with E-state index in [1.807, 2.05) is 0 Å². The van der Waals surface area contributed by atoms with Crippen LogP contribution >= 0.6 is 18.9 Å². The lowest BCUT2D eigenvalue weighted by atomic mass is 9.85. The topological polar surface area (TPSA) is 136 Å². The number of halogens is 3. The molecule has 2 fully saturated rings. The van der Waals surface area contributed by atoms with Crippen molar-refractivity contribution in [2.24, 2.45) is 5.41 Å². The van der Waals surface area contributed by atoms with Crippen LogP contribution in [0.4, 0.5) is 13.2 Å². The molecule has 0 aliphatic carbocycles. The zero-order valence-corrected chi connectivity index (χ0v) is 27.1. The minimum atomic E-state index is -5.78. The van der Waals surface area contributed by atoms with Gasteiger partial charge in [0.25, 0.3) is 5.91 Å². The molecule has 2 aromatic carbocycles. The molecule has 3 aromatic rings. The van der Waals surface area contributed by atoms with Gasteiger partial charge in [-0.3, -0.25) is 18.9 Å². The van der Waals surface area contributed by atoms with Gasteiger partial charge in [-0.15, -0.1) is 11.3 Å². The van der Waals surface area contributed by atoms with Crippen LogP contribution in [0.3, 0.4) is 0 Å². The fraction of sp³-hybridized carbons (Fsp3) is 0.452. The van der Waals surface area contributed by atoms with E-state index in [2.05, 4.69) is 5.32 Å². The van der Waals surface area contributed by atoms with Gasteiger partial charge in [-0.05, 0) is 59.5 Å². The second kappa shape index (κ2) is 12.7. The van der Waals surface area contributed by atoms with E-state index in [1.54, 1.807) is 37.8 Å². The number of nitrogens with one attached hydrogen (secondary N) is 1. The molecule has 0 saturated carbocycles. The summed E-state index contributed by atoms with van der Waals surface area (Å²) in [6.45, 7) is 6.52. The lowest BCUT2D eigenvalue weighted by Crippen LogP contribution is -2.58. The first-order chi connectivity index (χ1) is 21.5. The van der Waals surface area contributed by atoms with Crippen molar-refractivity contribution in [1.82, 2.24) is 15.1 Å². The van der Waals surface area contributed by atoms with Crippen molar-refractivity contribution in [3.8, 4) is 0 Å². The molecule has 2 saturated heterocycles. The fourth-order valence-corrected chi connectivity index (χ4v) is 7.18. The summed E-state index contributed by atoms with van der Waals surface area (Å²) < 4.78 is 59.6. The van der Waals surface area contributed by atoms with Gasteiger partial charge in [0.2, 0.25) is 11.8 Å².